The Balaban J connectivity index is 2.06. The maximum Gasteiger partial charge on any atom is 0.0174 e. The third kappa shape index (κ3) is 0.774. The van der Waals surface area contributed by atoms with E-state index < -0.39 is 0 Å². The van der Waals surface area contributed by atoms with Crippen LogP contribution in [-0.4, -0.2) is 13.1 Å². The third-order valence-electron chi connectivity index (χ3n) is 3.24. The van der Waals surface area contributed by atoms with Crippen LogP contribution in [0.5, 0.6) is 0 Å². The van der Waals surface area contributed by atoms with Crippen molar-refractivity contribution in [1.82, 2.24) is 5.32 Å². The molecule has 0 radical (unpaired) electrons. The molecule has 0 aromatic heterocycles. The quantitative estimate of drug-likeness (QED) is 0.566. The number of nitrogens with one attached hydrogen (secondary N) is 1. The van der Waals surface area contributed by atoms with Gasteiger partial charge in [0, 0.05) is 19.0 Å². The predicted molar refractivity (Wildman–Crippen MR) is 49.8 cm³/mol. The van der Waals surface area contributed by atoms with E-state index >= 15 is 0 Å². The third-order valence-corrected chi connectivity index (χ3v) is 3.24. The van der Waals surface area contributed by atoms with Gasteiger partial charge in [-0.2, -0.15) is 0 Å². The average molecular weight is 159 g/mol. The van der Waals surface area contributed by atoms with Crippen LogP contribution in [0.25, 0.3) is 0 Å². The number of hydrogen-bond acceptors (Lipinski definition) is 1. The van der Waals surface area contributed by atoms with E-state index in [1.807, 2.05) is 0 Å². The van der Waals surface area contributed by atoms with Crippen molar-refractivity contribution in [3.63, 3.8) is 0 Å². The molecule has 1 heterocycles. The number of fused-ring (bicyclic) bond motifs is 2. The molecule has 0 aromatic rings. The minimum atomic E-state index is 0.747. The first kappa shape index (κ1) is 6.67. The van der Waals surface area contributed by atoms with Crippen molar-refractivity contribution < 1.29 is 0 Å². The summed E-state index contributed by atoms with van der Waals surface area (Å²) in [5.74, 6) is 1.59. The zero-order chi connectivity index (χ0) is 7.97. The van der Waals surface area contributed by atoms with E-state index in [4.69, 9.17) is 0 Å². The van der Waals surface area contributed by atoms with Crippen molar-refractivity contribution >= 4 is 0 Å². The highest BCUT2D eigenvalue weighted by Gasteiger charge is 2.33. The molecule has 2 unspecified atom stereocenters. The Hall–Kier alpha value is -0.820. The molecule has 1 N–H and O–H groups in total. The molecule has 12 heavy (non-hydrogen) atoms. The first-order valence-corrected chi connectivity index (χ1v) is 4.73. The second-order valence-electron chi connectivity index (χ2n) is 3.89. The van der Waals surface area contributed by atoms with Gasteiger partial charge in [0.25, 0.3) is 0 Å². The maximum absolute atomic E-state index is 3.44. The first-order valence-electron chi connectivity index (χ1n) is 4.73. The van der Waals surface area contributed by atoms with Crippen molar-refractivity contribution in [3.05, 3.63) is 35.5 Å². The molecule has 3 aliphatic rings. The van der Waals surface area contributed by atoms with Gasteiger partial charge >= 0.3 is 0 Å². The Bertz CT molecular complexity index is 296. The highest BCUT2D eigenvalue weighted by atomic mass is 14.9. The van der Waals surface area contributed by atoms with Gasteiger partial charge in [0.1, 0.15) is 0 Å². The molecular formula is C11H13N. The molecule has 0 amide bonds. The lowest BCUT2D eigenvalue weighted by molar-refractivity contribution is 0.576. The molecule has 1 nitrogen and oxygen atoms in total. The SMILES string of the molecule is C1=CC2=C3CNCC3CC2C=C1. The van der Waals surface area contributed by atoms with Crippen LogP contribution in [0.1, 0.15) is 6.42 Å². The van der Waals surface area contributed by atoms with Crippen molar-refractivity contribution in [2.45, 2.75) is 6.42 Å². The van der Waals surface area contributed by atoms with Crippen molar-refractivity contribution in [1.29, 1.82) is 0 Å². The van der Waals surface area contributed by atoms with Gasteiger partial charge in [-0.1, -0.05) is 24.3 Å². The van der Waals surface area contributed by atoms with E-state index in [9.17, 15) is 0 Å². The van der Waals surface area contributed by atoms with Gasteiger partial charge in [-0.25, -0.2) is 0 Å². The fourth-order valence-corrected chi connectivity index (χ4v) is 2.65. The van der Waals surface area contributed by atoms with E-state index in [1.54, 1.807) is 11.1 Å². The van der Waals surface area contributed by atoms with E-state index in [2.05, 4.69) is 29.6 Å². The van der Waals surface area contributed by atoms with Gasteiger partial charge in [-0.05, 0) is 23.5 Å². The van der Waals surface area contributed by atoms with Crippen LogP contribution < -0.4 is 5.32 Å². The zero-order valence-electron chi connectivity index (χ0n) is 7.09. The van der Waals surface area contributed by atoms with Gasteiger partial charge in [-0.3, -0.25) is 0 Å². The molecular weight excluding hydrogens is 146 g/mol. The Labute approximate surface area is 72.9 Å². The summed E-state index contributed by atoms with van der Waals surface area (Å²) in [5, 5.41) is 3.44. The minimum Gasteiger partial charge on any atom is -0.312 e. The minimum absolute atomic E-state index is 0.747. The smallest absolute Gasteiger partial charge is 0.0174 e. The number of allylic oxidation sites excluding steroid dienone is 5. The Morgan fingerprint density at radius 2 is 2.33 bits per heavy atom. The Kier molecular flexibility index (Phi) is 1.30. The molecule has 1 aliphatic heterocycles. The van der Waals surface area contributed by atoms with Gasteiger partial charge in [0.2, 0.25) is 0 Å². The van der Waals surface area contributed by atoms with Crippen molar-refractivity contribution in [2.75, 3.05) is 13.1 Å². The van der Waals surface area contributed by atoms with Crippen LogP contribution in [0.3, 0.4) is 0 Å². The van der Waals surface area contributed by atoms with Gasteiger partial charge in [0.05, 0.1) is 0 Å². The summed E-state index contributed by atoms with van der Waals surface area (Å²) in [7, 11) is 0. The fraction of sp³-hybridized carbons (Fsp3) is 0.455. The topological polar surface area (TPSA) is 12.0 Å². The molecule has 1 saturated heterocycles. The summed E-state index contributed by atoms with van der Waals surface area (Å²) < 4.78 is 0. The summed E-state index contributed by atoms with van der Waals surface area (Å²) in [6, 6.07) is 0. The normalized spacial score (nSPS) is 37.3. The van der Waals surface area contributed by atoms with Gasteiger partial charge in [0.15, 0.2) is 0 Å². The summed E-state index contributed by atoms with van der Waals surface area (Å²) in [6.45, 7) is 2.34. The van der Waals surface area contributed by atoms with Crippen LogP contribution in [0, 0.1) is 11.8 Å². The van der Waals surface area contributed by atoms with E-state index in [1.165, 1.54) is 13.0 Å². The van der Waals surface area contributed by atoms with E-state index in [-0.39, 0.29) is 0 Å². The van der Waals surface area contributed by atoms with Crippen LogP contribution in [0.2, 0.25) is 0 Å². The average Bonchev–Trinajstić information content (AvgIpc) is 2.62. The van der Waals surface area contributed by atoms with Crippen molar-refractivity contribution in [2.24, 2.45) is 11.8 Å². The monoisotopic (exact) mass is 159 g/mol. The second-order valence-corrected chi connectivity index (χ2v) is 3.89. The summed E-state index contributed by atoms with van der Waals surface area (Å²) in [4.78, 5) is 0. The molecule has 62 valence electrons. The summed E-state index contributed by atoms with van der Waals surface area (Å²) >= 11 is 0. The second kappa shape index (κ2) is 2.33. The van der Waals surface area contributed by atoms with Gasteiger partial charge < -0.3 is 5.32 Å². The summed E-state index contributed by atoms with van der Waals surface area (Å²) in [5.41, 5.74) is 3.29. The molecule has 3 rings (SSSR count). The molecule has 0 saturated carbocycles. The Morgan fingerprint density at radius 1 is 1.33 bits per heavy atom. The predicted octanol–water partition coefficient (Wildman–Crippen LogP) is 1.65. The van der Waals surface area contributed by atoms with Crippen molar-refractivity contribution in [3.8, 4) is 0 Å². The maximum atomic E-state index is 3.44. The molecule has 2 aliphatic carbocycles. The molecule has 0 bridgehead atoms. The standard InChI is InChI=1S/C11H13N/c1-2-4-10-8(3-1)5-9-6-12-7-11(9)10/h1-4,8-9,12H,5-7H2. The lowest BCUT2D eigenvalue weighted by Gasteiger charge is -2.11. The van der Waals surface area contributed by atoms with E-state index in [0.29, 0.717) is 0 Å². The largest absolute Gasteiger partial charge is 0.312 e. The lowest BCUT2D eigenvalue weighted by Crippen LogP contribution is -2.11. The molecule has 0 spiro atoms. The zero-order valence-corrected chi connectivity index (χ0v) is 7.09. The molecule has 0 aromatic carbocycles. The van der Waals surface area contributed by atoms with Crippen LogP contribution in [0.4, 0.5) is 0 Å². The molecule has 1 heteroatoms. The Morgan fingerprint density at radius 3 is 3.33 bits per heavy atom. The lowest BCUT2D eigenvalue weighted by atomic mass is 9.95. The molecule has 1 fully saturated rings. The van der Waals surface area contributed by atoms with Crippen LogP contribution in [-0.2, 0) is 0 Å². The number of rotatable bonds is 0. The van der Waals surface area contributed by atoms with E-state index in [0.717, 1.165) is 18.4 Å². The van der Waals surface area contributed by atoms with Crippen LogP contribution >= 0.6 is 0 Å². The van der Waals surface area contributed by atoms with Gasteiger partial charge in [-0.15, -0.1) is 0 Å². The highest BCUT2D eigenvalue weighted by Crippen LogP contribution is 2.41. The van der Waals surface area contributed by atoms with Crippen LogP contribution in [0.15, 0.2) is 35.5 Å². The first-order chi connectivity index (χ1) is 5.95. The summed E-state index contributed by atoms with van der Waals surface area (Å²) in [6.07, 6.45) is 10.3. The highest BCUT2D eigenvalue weighted by molar-refractivity contribution is 5.43. The fourth-order valence-electron chi connectivity index (χ4n) is 2.65. The molecule has 2 atom stereocenters. The number of hydrogen-bond donors (Lipinski definition) is 1.